The largest absolute Gasteiger partial charge is 0.494 e. The van der Waals surface area contributed by atoms with Crippen molar-refractivity contribution in [3.63, 3.8) is 0 Å². The lowest BCUT2D eigenvalue weighted by Crippen LogP contribution is -2.15. The highest BCUT2D eigenvalue weighted by molar-refractivity contribution is 7.99. The van der Waals surface area contributed by atoms with E-state index in [9.17, 15) is 4.39 Å². The van der Waals surface area contributed by atoms with Gasteiger partial charge in [-0.2, -0.15) is 11.8 Å². The van der Waals surface area contributed by atoms with Crippen LogP contribution in [0.15, 0.2) is 18.2 Å². The highest BCUT2D eigenvalue weighted by Crippen LogP contribution is 2.32. The molecule has 4 heteroatoms. The number of alkyl halides is 1. The summed E-state index contributed by atoms with van der Waals surface area (Å²) in [5.74, 6) is 2.43. The summed E-state index contributed by atoms with van der Waals surface area (Å²) < 4.78 is 18.8. The topological polar surface area (TPSA) is 9.23 Å². The monoisotopic (exact) mass is 260 g/mol. The molecule has 1 heterocycles. The molecule has 1 fully saturated rings. The van der Waals surface area contributed by atoms with Crippen LogP contribution in [0.5, 0.6) is 5.75 Å². The SMILES string of the molecule is COc1cccc(CC2CSCC2Cl)c1F. The molecule has 0 saturated carbocycles. The van der Waals surface area contributed by atoms with Crippen LogP contribution in [-0.4, -0.2) is 24.0 Å². The molecule has 0 bridgehead atoms. The van der Waals surface area contributed by atoms with Crippen LogP contribution in [0, 0.1) is 11.7 Å². The van der Waals surface area contributed by atoms with E-state index >= 15 is 0 Å². The summed E-state index contributed by atoms with van der Waals surface area (Å²) in [6, 6.07) is 5.27. The number of hydrogen-bond acceptors (Lipinski definition) is 2. The number of benzene rings is 1. The van der Waals surface area contributed by atoms with Gasteiger partial charge in [-0.05, 0) is 29.7 Å². The highest BCUT2D eigenvalue weighted by Gasteiger charge is 2.27. The lowest BCUT2D eigenvalue weighted by molar-refractivity contribution is 0.382. The van der Waals surface area contributed by atoms with E-state index in [1.807, 2.05) is 23.9 Å². The molecular weight excluding hydrogens is 247 g/mol. The third-order valence-corrected chi connectivity index (χ3v) is 4.82. The zero-order valence-corrected chi connectivity index (χ0v) is 10.7. The van der Waals surface area contributed by atoms with Crippen molar-refractivity contribution in [3.05, 3.63) is 29.6 Å². The maximum atomic E-state index is 13.9. The predicted octanol–water partition coefficient (Wildman–Crippen LogP) is 3.35. The number of halogens is 2. The van der Waals surface area contributed by atoms with Gasteiger partial charge in [0.25, 0.3) is 0 Å². The van der Waals surface area contributed by atoms with Gasteiger partial charge in [-0.1, -0.05) is 12.1 Å². The van der Waals surface area contributed by atoms with Crippen LogP contribution in [0.2, 0.25) is 0 Å². The van der Waals surface area contributed by atoms with Crippen molar-refractivity contribution >= 4 is 23.4 Å². The van der Waals surface area contributed by atoms with E-state index in [1.165, 1.54) is 7.11 Å². The van der Waals surface area contributed by atoms with Gasteiger partial charge in [0.05, 0.1) is 7.11 Å². The first-order valence-electron chi connectivity index (χ1n) is 5.25. The summed E-state index contributed by atoms with van der Waals surface area (Å²) >= 11 is 8.02. The molecule has 1 aromatic rings. The van der Waals surface area contributed by atoms with Crippen molar-refractivity contribution < 1.29 is 9.13 Å². The number of methoxy groups -OCH3 is 1. The maximum Gasteiger partial charge on any atom is 0.168 e. The van der Waals surface area contributed by atoms with Gasteiger partial charge in [-0.15, -0.1) is 11.6 Å². The van der Waals surface area contributed by atoms with Gasteiger partial charge in [0.1, 0.15) is 0 Å². The molecule has 1 saturated heterocycles. The normalized spacial score (nSPS) is 24.7. The lowest BCUT2D eigenvalue weighted by atomic mass is 9.98. The van der Waals surface area contributed by atoms with E-state index in [-0.39, 0.29) is 11.2 Å². The molecule has 2 rings (SSSR count). The fraction of sp³-hybridized carbons (Fsp3) is 0.500. The smallest absolute Gasteiger partial charge is 0.168 e. The average Bonchev–Trinajstić information content (AvgIpc) is 2.68. The maximum absolute atomic E-state index is 13.9. The Morgan fingerprint density at radius 3 is 2.94 bits per heavy atom. The molecule has 16 heavy (non-hydrogen) atoms. The van der Waals surface area contributed by atoms with Crippen LogP contribution in [0.1, 0.15) is 5.56 Å². The molecule has 1 aliphatic heterocycles. The molecule has 1 aromatic carbocycles. The Morgan fingerprint density at radius 1 is 1.50 bits per heavy atom. The van der Waals surface area contributed by atoms with Gasteiger partial charge in [-0.3, -0.25) is 0 Å². The number of ether oxygens (including phenoxy) is 1. The molecular formula is C12H14ClFOS. The second-order valence-electron chi connectivity index (χ2n) is 3.95. The minimum atomic E-state index is -0.245. The molecule has 0 aliphatic carbocycles. The minimum absolute atomic E-state index is 0.163. The second kappa shape index (κ2) is 5.28. The Kier molecular flexibility index (Phi) is 3.98. The van der Waals surface area contributed by atoms with Crippen molar-refractivity contribution in [1.82, 2.24) is 0 Å². The van der Waals surface area contributed by atoms with Gasteiger partial charge >= 0.3 is 0 Å². The summed E-state index contributed by atoms with van der Waals surface area (Å²) in [7, 11) is 1.48. The van der Waals surface area contributed by atoms with Crippen LogP contribution >= 0.6 is 23.4 Å². The summed E-state index contributed by atoms with van der Waals surface area (Å²) in [6.45, 7) is 0. The number of hydrogen-bond donors (Lipinski definition) is 0. The molecule has 0 radical (unpaired) electrons. The fourth-order valence-electron chi connectivity index (χ4n) is 1.91. The third kappa shape index (κ3) is 2.46. The van der Waals surface area contributed by atoms with Crippen LogP contribution in [-0.2, 0) is 6.42 Å². The van der Waals surface area contributed by atoms with Crippen LogP contribution in [0.25, 0.3) is 0 Å². The fourth-order valence-corrected chi connectivity index (χ4v) is 3.75. The first kappa shape index (κ1) is 12.1. The first-order chi connectivity index (χ1) is 7.72. The van der Waals surface area contributed by atoms with Crippen molar-refractivity contribution in [2.45, 2.75) is 11.8 Å². The Balaban J connectivity index is 2.14. The van der Waals surface area contributed by atoms with Crippen molar-refractivity contribution in [1.29, 1.82) is 0 Å². The van der Waals surface area contributed by atoms with Crippen molar-refractivity contribution in [2.24, 2.45) is 5.92 Å². The quantitative estimate of drug-likeness (QED) is 0.771. The second-order valence-corrected chi connectivity index (χ2v) is 5.59. The Morgan fingerprint density at radius 2 is 2.31 bits per heavy atom. The third-order valence-electron chi connectivity index (χ3n) is 2.87. The van der Waals surface area contributed by atoms with E-state index < -0.39 is 0 Å². The van der Waals surface area contributed by atoms with Crippen molar-refractivity contribution in [2.75, 3.05) is 18.6 Å². The van der Waals surface area contributed by atoms with E-state index in [0.717, 1.165) is 11.5 Å². The summed E-state index contributed by atoms with van der Waals surface area (Å²) in [4.78, 5) is 0. The van der Waals surface area contributed by atoms with Crippen LogP contribution in [0.4, 0.5) is 4.39 Å². The first-order valence-corrected chi connectivity index (χ1v) is 6.84. The molecule has 2 unspecified atom stereocenters. The molecule has 88 valence electrons. The standard InChI is InChI=1S/C12H14ClFOS/c1-15-11-4-2-3-8(12(11)14)5-9-6-16-7-10(9)13/h2-4,9-10H,5-7H2,1H3. The van der Waals surface area contributed by atoms with Crippen molar-refractivity contribution in [3.8, 4) is 5.75 Å². The average molecular weight is 261 g/mol. The van der Waals surface area contributed by atoms with Gasteiger partial charge in [0.2, 0.25) is 0 Å². The van der Waals surface area contributed by atoms with E-state index in [2.05, 4.69) is 0 Å². The zero-order valence-electron chi connectivity index (χ0n) is 9.08. The number of thioether (sulfide) groups is 1. The minimum Gasteiger partial charge on any atom is -0.494 e. The molecule has 1 aliphatic rings. The Hall–Kier alpha value is -0.410. The van der Waals surface area contributed by atoms with E-state index in [4.69, 9.17) is 16.3 Å². The zero-order chi connectivity index (χ0) is 11.5. The summed E-state index contributed by atoms with van der Waals surface area (Å²) in [5, 5.41) is 0.163. The molecule has 2 atom stereocenters. The lowest BCUT2D eigenvalue weighted by Gasteiger charge is -2.14. The molecule has 1 nitrogen and oxygen atoms in total. The van der Waals surface area contributed by atoms with Gasteiger partial charge < -0.3 is 4.74 Å². The van der Waals surface area contributed by atoms with Crippen LogP contribution < -0.4 is 4.74 Å². The summed E-state index contributed by atoms with van der Waals surface area (Å²) in [5.41, 5.74) is 0.706. The molecule has 0 amide bonds. The van der Waals surface area contributed by atoms with Gasteiger partial charge in [0.15, 0.2) is 11.6 Å². The predicted molar refractivity (Wildman–Crippen MR) is 67.1 cm³/mol. The highest BCUT2D eigenvalue weighted by atomic mass is 35.5. The molecule has 0 spiro atoms. The summed E-state index contributed by atoms with van der Waals surface area (Å²) in [6.07, 6.45) is 0.699. The number of rotatable bonds is 3. The molecule has 0 N–H and O–H groups in total. The molecule has 0 aromatic heterocycles. The van der Waals surface area contributed by atoms with Crippen LogP contribution in [0.3, 0.4) is 0 Å². The van der Waals surface area contributed by atoms with E-state index in [1.54, 1.807) is 6.07 Å². The Bertz CT molecular complexity index is 372. The van der Waals surface area contributed by atoms with Gasteiger partial charge in [0, 0.05) is 11.1 Å². The van der Waals surface area contributed by atoms with Gasteiger partial charge in [-0.25, -0.2) is 4.39 Å². The Labute approximate surface area is 104 Å². The van der Waals surface area contributed by atoms with E-state index in [0.29, 0.717) is 23.7 Å².